The first-order valence-electron chi connectivity index (χ1n) is 7.98. The van der Waals surface area contributed by atoms with Gasteiger partial charge in [0.25, 0.3) is 0 Å². The van der Waals surface area contributed by atoms with Gasteiger partial charge < -0.3 is 20.5 Å². The van der Waals surface area contributed by atoms with Gasteiger partial charge in [-0.05, 0) is 30.2 Å². The van der Waals surface area contributed by atoms with E-state index in [1.807, 2.05) is 61.5 Å². The Kier molecular flexibility index (Phi) is 7.11. The Hall–Kier alpha value is -2.53. The van der Waals surface area contributed by atoms with E-state index in [0.717, 1.165) is 16.9 Å². The highest BCUT2D eigenvalue weighted by Gasteiger charge is 2.01. The van der Waals surface area contributed by atoms with Gasteiger partial charge in [0.05, 0.1) is 13.2 Å². The molecule has 0 saturated carbocycles. The van der Waals surface area contributed by atoms with Crippen molar-refractivity contribution in [3.63, 3.8) is 0 Å². The third-order valence-electron chi connectivity index (χ3n) is 3.41. The van der Waals surface area contributed by atoms with Gasteiger partial charge in [0.2, 0.25) is 0 Å². The van der Waals surface area contributed by atoms with Crippen LogP contribution in [-0.2, 0) is 17.9 Å². The average Bonchev–Trinajstić information content (AvgIpc) is 2.60. The van der Waals surface area contributed by atoms with Gasteiger partial charge in [0.15, 0.2) is 5.96 Å². The van der Waals surface area contributed by atoms with Gasteiger partial charge in [0, 0.05) is 13.2 Å². The fourth-order valence-corrected chi connectivity index (χ4v) is 2.19. The minimum Gasteiger partial charge on any atom is -0.489 e. The molecule has 0 aliphatic carbocycles. The molecule has 0 heterocycles. The summed E-state index contributed by atoms with van der Waals surface area (Å²) in [6.45, 7) is 3.67. The lowest BCUT2D eigenvalue weighted by Gasteiger charge is -2.13. The minimum atomic E-state index is 0.135. The Morgan fingerprint density at radius 2 is 1.75 bits per heavy atom. The summed E-state index contributed by atoms with van der Waals surface area (Å²) in [6, 6.07) is 18.1. The van der Waals surface area contributed by atoms with E-state index in [4.69, 9.17) is 15.2 Å². The van der Waals surface area contributed by atoms with E-state index in [0.29, 0.717) is 25.7 Å². The van der Waals surface area contributed by atoms with E-state index in [-0.39, 0.29) is 6.04 Å². The summed E-state index contributed by atoms with van der Waals surface area (Å²) in [4.78, 5) is 4.34. The van der Waals surface area contributed by atoms with Crippen LogP contribution < -0.4 is 15.8 Å². The van der Waals surface area contributed by atoms with Crippen LogP contribution >= 0.6 is 0 Å². The first-order valence-corrected chi connectivity index (χ1v) is 7.98. The van der Waals surface area contributed by atoms with Gasteiger partial charge in [-0.25, -0.2) is 4.99 Å². The van der Waals surface area contributed by atoms with Gasteiger partial charge in [-0.3, -0.25) is 0 Å². The summed E-state index contributed by atoms with van der Waals surface area (Å²) < 4.78 is 10.8. The molecule has 1 atom stereocenters. The number of hydrogen-bond acceptors (Lipinski definition) is 3. The zero-order valence-corrected chi connectivity index (χ0v) is 14.2. The molecule has 5 nitrogen and oxygen atoms in total. The molecular formula is C19H25N3O2. The second kappa shape index (κ2) is 9.57. The van der Waals surface area contributed by atoms with Gasteiger partial charge in [-0.2, -0.15) is 0 Å². The predicted molar refractivity (Wildman–Crippen MR) is 97.0 cm³/mol. The minimum absolute atomic E-state index is 0.135. The highest BCUT2D eigenvalue weighted by molar-refractivity contribution is 5.78. The van der Waals surface area contributed by atoms with Crippen LogP contribution in [0.4, 0.5) is 0 Å². The van der Waals surface area contributed by atoms with Crippen LogP contribution in [-0.4, -0.2) is 25.7 Å². The van der Waals surface area contributed by atoms with Crippen LogP contribution in [0.5, 0.6) is 5.75 Å². The Bertz CT molecular complexity index is 627. The van der Waals surface area contributed by atoms with Crippen molar-refractivity contribution in [2.24, 2.45) is 10.7 Å². The second-order valence-electron chi connectivity index (χ2n) is 5.62. The van der Waals surface area contributed by atoms with Crippen LogP contribution in [0.3, 0.4) is 0 Å². The van der Waals surface area contributed by atoms with Crippen molar-refractivity contribution < 1.29 is 9.47 Å². The van der Waals surface area contributed by atoms with Crippen molar-refractivity contribution in [3.05, 3.63) is 65.7 Å². The Balaban J connectivity index is 1.81. The summed E-state index contributed by atoms with van der Waals surface area (Å²) in [5.74, 6) is 1.30. The second-order valence-corrected chi connectivity index (χ2v) is 5.62. The molecule has 5 heteroatoms. The summed E-state index contributed by atoms with van der Waals surface area (Å²) in [5, 5.41) is 3.08. The first-order chi connectivity index (χ1) is 11.7. The maximum Gasteiger partial charge on any atom is 0.189 e. The van der Waals surface area contributed by atoms with Crippen LogP contribution in [0.25, 0.3) is 0 Å². The molecule has 0 fully saturated rings. The Morgan fingerprint density at radius 1 is 1.08 bits per heavy atom. The van der Waals surface area contributed by atoms with Crippen LogP contribution in [0.15, 0.2) is 59.6 Å². The normalized spacial score (nSPS) is 12.7. The molecule has 1 unspecified atom stereocenters. The van der Waals surface area contributed by atoms with Crippen molar-refractivity contribution in [2.45, 2.75) is 26.1 Å². The zero-order valence-electron chi connectivity index (χ0n) is 14.2. The van der Waals surface area contributed by atoms with Gasteiger partial charge in [-0.15, -0.1) is 0 Å². The van der Waals surface area contributed by atoms with Crippen molar-refractivity contribution in [2.75, 3.05) is 13.7 Å². The number of guanidine groups is 1. The molecule has 0 aromatic heterocycles. The molecule has 0 aliphatic heterocycles. The number of nitrogens with two attached hydrogens (primary N) is 1. The number of nitrogens with zero attached hydrogens (tertiary/aromatic N) is 1. The van der Waals surface area contributed by atoms with Crippen LogP contribution in [0, 0.1) is 0 Å². The Morgan fingerprint density at radius 3 is 2.42 bits per heavy atom. The van der Waals surface area contributed by atoms with E-state index < -0.39 is 0 Å². The quantitative estimate of drug-likeness (QED) is 0.578. The van der Waals surface area contributed by atoms with Crippen molar-refractivity contribution in [1.29, 1.82) is 0 Å². The molecule has 2 aromatic carbocycles. The molecule has 3 N–H and O–H groups in total. The fraction of sp³-hybridized carbons (Fsp3) is 0.316. The number of ether oxygens (including phenoxy) is 2. The van der Waals surface area contributed by atoms with E-state index >= 15 is 0 Å². The number of benzene rings is 2. The molecule has 0 spiro atoms. The molecule has 2 rings (SSSR count). The number of hydrogen-bond donors (Lipinski definition) is 2. The number of methoxy groups -OCH3 is 1. The Labute approximate surface area is 143 Å². The molecule has 0 aliphatic rings. The highest BCUT2D eigenvalue weighted by Crippen LogP contribution is 2.12. The SMILES string of the molecule is COCC(C)NC(N)=NCc1ccc(COc2ccccc2)cc1. The average molecular weight is 327 g/mol. The van der Waals surface area contributed by atoms with Crippen LogP contribution in [0.1, 0.15) is 18.1 Å². The number of nitrogens with one attached hydrogen (secondary N) is 1. The summed E-state index contributed by atoms with van der Waals surface area (Å²) >= 11 is 0. The lowest BCUT2D eigenvalue weighted by atomic mass is 10.1. The topological polar surface area (TPSA) is 68.9 Å². The monoisotopic (exact) mass is 327 g/mol. The smallest absolute Gasteiger partial charge is 0.189 e. The molecule has 0 bridgehead atoms. The van der Waals surface area contributed by atoms with Gasteiger partial charge in [0.1, 0.15) is 12.4 Å². The van der Waals surface area contributed by atoms with E-state index in [1.165, 1.54) is 0 Å². The van der Waals surface area contributed by atoms with Crippen molar-refractivity contribution >= 4 is 5.96 Å². The summed E-state index contributed by atoms with van der Waals surface area (Å²) in [5.41, 5.74) is 8.07. The molecule has 0 radical (unpaired) electrons. The van der Waals surface area contributed by atoms with Crippen molar-refractivity contribution in [1.82, 2.24) is 5.32 Å². The van der Waals surface area contributed by atoms with E-state index in [2.05, 4.69) is 10.3 Å². The molecule has 24 heavy (non-hydrogen) atoms. The number of rotatable bonds is 8. The highest BCUT2D eigenvalue weighted by atomic mass is 16.5. The van der Waals surface area contributed by atoms with Crippen molar-refractivity contribution in [3.8, 4) is 5.75 Å². The predicted octanol–water partition coefficient (Wildman–Crippen LogP) is 2.70. The molecule has 2 aromatic rings. The molecule has 128 valence electrons. The van der Waals surface area contributed by atoms with Crippen LogP contribution in [0.2, 0.25) is 0 Å². The zero-order chi connectivity index (χ0) is 17.2. The molecule has 0 amide bonds. The lowest BCUT2D eigenvalue weighted by Crippen LogP contribution is -2.40. The maximum absolute atomic E-state index is 5.86. The first kappa shape index (κ1) is 17.8. The number of aliphatic imine (C=N–C) groups is 1. The van der Waals surface area contributed by atoms with E-state index in [9.17, 15) is 0 Å². The molecular weight excluding hydrogens is 302 g/mol. The van der Waals surface area contributed by atoms with Gasteiger partial charge in [-0.1, -0.05) is 42.5 Å². The largest absolute Gasteiger partial charge is 0.489 e. The third kappa shape index (κ3) is 6.30. The summed E-state index contributed by atoms with van der Waals surface area (Å²) in [7, 11) is 1.66. The van der Waals surface area contributed by atoms with E-state index in [1.54, 1.807) is 7.11 Å². The number of para-hydroxylation sites is 1. The van der Waals surface area contributed by atoms with Gasteiger partial charge >= 0.3 is 0 Å². The standard InChI is InChI=1S/C19H25N3O2/c1-15(13-23-2)22-19(20)21-12-16-8-10-17(11-9-16)14-24-18-6-4-3-5-7-18/h3-11,15H,12-14H2,1-2H3,(H3,20,21,22). The maximum atomic E-state index is 5.86. The lowest BCUT2D eigenvalue weighted by molar-refractivity contribution is 0.179. The third-order valence-corrected chi connectivity index (χ3v) is 3.41. The summed E-state index contributed by atoms with van der Waals surface area (Å²) in [6.07, 6.45) is 0. The molecule has 0 saturated heterocycles. The fourth-order valence-electron chi connectivity index (χ4n) is 2.19.